The lowest BCUT2D eigenvalue weighted by Gasteiger charge is -2.22. The maximum absolute atomic E-state index is 13.5. The fourth-order valence-electron chi connectivity index (χ4n) is 2.15. The number of hydrogen-bond donors (Lipinski definition) is 4. The molecule has 1 atom stereocenters. The average Bonchev–Trinajstić information content (AvgIpc) is 2.87. The highest BCUT2D eigenvalue weighted by atomic mass is 19.1. The van der Waals surface area contributed by atoms with E-state index >= 15 is 0 Å². The van der Waals surface area contributed by atoms with Crippen molar-refractivity contribution < 1.29 is 18.7 Å². The number of primary amides is 1. The number of nitrogens with two attached hydrogens (primary N) is 1. The van der Waals surface area contributed by atoms with Crippen molar-refractivity contribution in [2.24, 2.45) is 11.1 Å². The number of halogens is 1. The molecule has 0 radical (unpaired) electrons. The van der Waals surface area contributed by atoms with Gasteiger partial charge in [0, 0.05) is 24.3 Å². The molecule has 120 valence electrons. The minimum atomic E-state index is -0.880. The molecule has 1 aliphatic rings. The lowest BCUT2D eigenvalue weighted by Crippen LogP contribution is -2.38. The van der Waals surface area contributed by atoms with Gasteiger partial charge in [-0.1, -0.05) is 6.92 Å². The van der Waals surface area contributed by atoms with Crippen LogP contribution in [0.1, 0.15) is 13.3 Å². The van der Waals surface area contributed by atoms with Gasteiger partial charge in [-0.3, -0.25) is 0 Å². The van der Waals surface area contributed by atoms with Gasteiger partial charge in [-0.25, -0.2) is 14.0 Å². The van der Waals surface area contributed by atoms with Crippen molar-refractivity contribution in [2.45, 2.75) is 13.3 Å². The molecule has 7 nitrogen and oxygen atoms in total. The molecule has 5 N–H and O–H groups in total. The number of ether oxygens (including phenoxy) is 1. The molecule has 4 amide bonds. The second kappa shape index (κ2) is 6.61. The van der Waals surface area contributed by atoms with Gasteiger partial charge in [0.15, 0.2) is 0 Å². The summed E-state index contributed by atoms with van der Waals surface area (Å²) in [7, 11) is 0. The van der Waals surface area contributed by atoms with E-state index in [1.807, 2.05) is 6.92 Å². The van der Waals surface area contributed by atoms with Crippen molar-refractivity contribution in [1.29, 1.82) is 0 Å². The van der Waals surface area contributed by atoms with Crippen LogP contribution in [-0.2, 0) is 4.74 Å². The first kappa shape index (κ1) is 16.0. The molecule has 8 heteroatoms. The van der Waals surface area contributed by atoms with E-state index in [-0.39, 0.29) is 11.1 Å². The third-order valence-electron chi connectivity index (χ3n) is 3.46. The fraction of sp³-hybridized carbons (Fsp3) is 0.429. The second-order valence-electron chi connectivity index (χ2n) is 5.60. The summed E-state index contributed by atoms with van der Waals surface area (Å²) in [6.45, 7) is 3.82. The van der Waals surface area contributed by atoms with E-state index in [1.165, 1.54) is 12.1 Å². The van der Waals surface area contributed by atoms with Crippen LogP contribution in [0.5, 0.6) is 0 Å². The number of carbonyl (C=O) groups excluding carboxylic acids is 2. The Balaban J connectivity index is 1.92. The molecule has 0 aromatic heterocycles. The quantitative estimate of drug-likeness (QED) is 0.682. The summed E-state index contributed by atoms with van der Waals surface area (Å²) in [6, 6.07) is 2.52. The summed E-state index contributed by atoms with van der Waals surface area (Å²) < 4.78 is 18.8. The molecule has 0 aliphatic carbocycles. The van der Waals surface area contributed by atoms with Crippen LogP contribution in [-0.4, -0.2) is 31.8 Å². The Labute approximate surface area is 127 Å². The van der Waals surface area contributed by atoms with E-state index in [0.29, 0.717) is 25.4 Å². The zero-order chi connectivity index (χ0) is 16.2. The molecule has 1 fully saturated rings. The van der Waals surface area contributed by atoms with Crippen molar-refractivity contribution in [2.75, 3.05) is 30.4 Å². The smallest absolute Gasteiger partial charge is 0.319 e. The highest BCUT2D eigenvalue weighted by molar-refractivity contribution is 5.92. The number of amides is 4. The Morgan fingerprint density at radius 2 is 2.18 bits per heavy atom. The zero-order valence-electron chi connectivity index (χ0n) is 12.2. The SMILES string of the molecule is C[C@]1(CNC(=O)Nc2ccc(F)c(NC(N)=O)c2)CCOC1. The monoisotopic (exact) mass is 310 g/mol. The molecule has 0 unspecified atom stereocenters. The predicted molar refractivity (Wildman–Crippen MR) is 80.2 cm³/mol. The van der Waals surface area contributed by atoms with Crippen LogP contribution in [0.4, 0.5) is 25.4 Å². The van der Waals surface area contributed by atoms with Crippen LogP contribution in [0.2, 0.25) is 0 Å². The summed E-state index contributed by atoms with van der Waals surface area (Å²) >= 11 is 0. The van der Waals surface area contributed by atoms with Gasteiger partial charge in [-0.15, -0.1) is 0 Å². The van der Waals surface area contributed by atoms with Gasteiger partial charge in [0.2, 0.25) is 0 Å². The lowest BCUT2D eigenvalue weighted by molar-refractivity contribution is 0.159. The molecule has 0 saturated carbocycles. The molecule has 1 heterocycles. The highest BCUT2D eigenvalue weighted by Crippen LogP contribution is 2.26. The van der Waals surface area contributed by atoms with Crippen molar-refractivity contribution in [3.8, 4) is 0 Å². The van der Waals surface area contributed by atoms with Crippen LogP contribution in [0.3, 0.4) is 0 Å². The van der Waals surface area contributed by atoms with Crippen LogP contribution in [0.25, 0.3) is 0 Å². The molecule has 1 aromatic rings. The molecule has 22 heavy (non-hydrogen) atoms. The standard InChI is InChI=1S/C14H19FN4O3/c1-14(4-5-22-8-14)7-17-13(21)18-9-2-3-10(15)11(6-9)19-12(16)20/h2-3,6H,4-5,7-8H2,1H3,(H3,16,19,20)(H2,17,18,21)/t14-/m1/s1. The molecular formula is C14H19FN4O3. The molecule has 0 bridgehead atoms. The Morgan fingerprint density at radius 1 is 1.41 bits per heavy atom. The van der Waals surface area contributed by atoms with Crippen molar-refractivity contribution in [3.05, 3.63) is 24.0 Å². The van der Waals surface area contributed by atoms with Gasteiger partial charge >= 0.3 is 12.1 Å². The van der Waals surface area contributed by atoms with Gasteiger partial charge in [-0.05, 0) is 24.6 Å². The van der Waals surface area contributed by atoms with Crippen LogP contribution in [0, 0.1) is 11.2 Å². The van der Waals surface area contributed by atoms with E-state index in [9.17, 15) is 14.0 Å². The van der Waals surface area contributed by atoms with Crippen LogP contribution < -0.4 is 21.7 Å². The second-order valence-corrected chi connectivity index (χ2v) is 5.60. The Morgan fingerprint density at radius 3 is 2.82 bits per heavy atom. The van der Waals surface area contributed by atoms with E-state index < -0.39 is 17.9 Å². The topological polar surface area (TPSA) is 105 Å². The largest absolute Gasteiger partial charge is 0.381 e. The van der Waals surface area contributed by atoms with Crippen molar-refractivity contribution in [3.63, 3.8) is 0 Å². The van der Waals surface area contributed by atoms with E-state index in [1.54, 1.807) is 0 Å². The minimum absolute atomic E-state index is 0.0706. The fourth-order valence-corrected chi connectivity index (χ4v) is 2.15. The zero-order valence-corrected chi connectivity index (χ0v) is 12.2. The molecule has 1 saturated heterocycles. The van der Waals surface area contributed by atoms with Gasteiger partial charge in [-0.2, -0.15) is 0 Å². The first-order chi connectivity index (χ1) is 10.4. The van der Waals surface area contributed by atoms with Gasteiger partial charge < -0.3 is 26.4 Å². The summed E-state index contributed by atoms with van der Waals surface area (Å²) in [5.74, 6) is -0.639. The van der Waals surface area contributed by atoms with Gasteiger partial charge in [0.05, 0.1) is 12.3 Å². The normalized spacial score (nSPS) is 20.5. The molecule has 2 rings (SSSR count). The number of hydrogen-bond acceptors (Lipinski definition) is 3. The Kier molecular flexibility index (Phi) is 4.81. The van der Waals surface area contributed by atoms with Crippen LogP contribution >= 0.6 is 0 Å². The highest BCUT2D eigenvalue weighted by Gasteiger charge is 2.29. The number of carbonyl (C=O) groups is 2. The first-order valence-corrected chi connectivity index (χ1v) is 6.87. The average molecular weight is 310 g/mol. The van der Waals surface area contributed by atoms with E-state index in [0.717, 1.165) is 12.5 Å². The summed E-state index contributed by atoms with van der Waals surface area (Å²) in [4.78, 5) is 22.6. The summed E-state index contributed by atoms with van der Waals surface area (Å²) in [5, 5.41) is 7.47. The number of anilines is 2. The molecule has 0 spiro atoms. The number of rotatable bonds is 4. The summed E-state index contributed by atoms with van der Waals surface area (Å²) in [6.07, 6.45) is 0.885. The van der Waals surface area contributed by atoms with Crippen molar-refractivity contribution >= 4 is 23.4 Å². The molecule has 1 aliphatic heterocycles. The molecule has 1 aromatic carbocycles. The minimum Gasteiger partial charge on any atom is -0.381 e. The number of nitrogens with one attached hydrogen (secondary N) is 3. The number of urea groups is 2. The first-order valence-electron chi connectivity index (χ1n) is 6.87. The predicted octanol–water partition coefficient (Wildman–Crippen LogP) is 1.86. The third-order valence-corrected chi connectivity index (χ3v) is 3.46. The Hall–Kier alpha value is -2.35. The van der Waals surface area contributed by atoms with Crippen LogP contribution in [0.15, 0.2) is 18.2 Å². The van der Waals surface area contributed by atoms with Gasteiger partial charge in [0.1, 0.15) is 5.82 Å². The van der Waals surface area contributed by atoms with E-state index in [4.69, 9.17) is 10.5 Å². The summed E-state index contributed by atoms with van der Waals surface area (Å²) in [5.41, 5.74) is 5.13. The third kappa shape index (κ3) is 4.32. The maximum atomic E-state index is 13.5. The van der Waals surface area contributed by atoms with Crippen molar-refractivity contribution in [1.82, 2.24) is 5.32 Å². The maximum Gasteiger partial charge on any atom is 0.319 e. The van der Waals surface area contributed by atoms with E-state index in [2.05, 4.69) is 16.0 Å². The number of benzene rings is 1. The van der Waals surface area contributed by atoms with Gasteiger partial charge in [0.25, 0.3) is 0 Å². The Bertz CT molecular complexity index is 573. The lowest BCUT2D eigenvalue weighted by atomic mass is 9.90. The molecular weight excluding hydrogens is 291 g/mol.